The number of fused-ring (bicyclic) bond motifs is 1. The number of hydrogen-bond acceptors (Lipinski definition) is 3. The topological polar surface area (TPSA) is 47.3 Å². The van der Waals surface area contributed by atoms with Gasteiger partial charge < -0.3 is 15.8 Å². The van der Waals surface area contributed by atoms with E-state index in [0.717, 1.165) is 48.4 Å². The van der Waals surface area contributed by atoms with Gasteiger partial charge in [-0.1, -0.05) is 18.2 Å². The van der Waals surface area contributed by atoms with E-state index in [1.54, 1.807) is 6.07 Å². The van der Waals surface area contributed by atoms with E-state index in [4.69, 9.17) is 10.5 Å². The van der Waals surface area contributed by atoms with Gasteiger partial charge in [0.25, 0.3) is 0 Å². The molecule has 2 aromatic rings. The maximum atomic E-state index is 13.7. The molecule has 22 heavy (non-hydrogen) atoms. The summed E-state index contributed by atoms with van der Waals surface area (Å²) in [5, 5.41) is 3.47. The van der Waals surface area contributed by atoms with Gasteiger partial charge in [0.05, 0.1) is 5.69 Å². The Morgan fingerprint density at radius 3 is 2.82 bits per heavy atom. The molecule has 1 aliphatic heterocycles. The molecule has 0 saturated heterocycles. The van der Waals surface area contributed by atoms with Gasteiger partial charge in [-0.3, -0.25) is 0 Å². The molecule has 0 atom stereocenters. The number of hydrogen-bond donors (Lipinski definition) is 2. The number of para-hydroxylation sites is 1. The van der Waals surface area contributed by atoms with Crippen LogP contribution >= 0.6 is 0 Å². The number of ether oxygens (including phenoxy) is 1. The molecule has 0 radical (unpaired) electrons. The average molecular weight is 298 g/mol. The van der Waals surface area contributed by atoms with E-state index in [1.807, 2.05) is 24.3 Å². The molecule has 3 nitrogen and oxygen atoms in total. The van der Waals surface area contributed by atoms with E-state index in [2.05, 4.69) is 5.32 Å². The highest BCUT2D eigenvalue weighted by Crippen LogP contribution is 2.40. The molecule has 1 spiro atoms. The van der Waals surface area contributed by atoms with E-state index in [9.17, 15) is 4.39 Å². The second kappa shape index (κ2) is 4.99. The minimum atomic E-state index is -0.379. The monoisotopic (exact) mass is 298 g/mol. The molecule has 1 saturated carbocycles. The molecule has 0 unspecified atom stereocenters. The second-order valence-corrected chi connectivity index (χ2v) is 6.27. The van der Waals surface area contributed by atoms with Gasteiger partial charge in [-0.15, -0.1) is 0 Å². The number of anilines is 1. The molecule has 114 valence electrons. The van der Waals surface area contributed by atoms with Crippen molar-refractivity contribution in [3.8, 4) is 16.9 Å². The van der Waals surface area contributed by atoms with Gasteiger partial charge in [0.15, 0.2) is 0 Å². The van der Waals surface area contributed by atoms with Crippen molar-refractivity contribution in [3.63, 3.8) is 0 Å². The fourth-order valence-electron chi connectivity index (χ4n) is 3.32. The van der Waals surface area contributed by atoms with E-state index >= 15 is 0 Å². The first-order chi connectivity index (χ1) is 10.7. The van der Waals surface area contributed by atoms with Gasteiger partial charge in [0, 0.05) is 24.2 Å². The van der Waals surface area contributed by atoms with Crippen molar-refractivity contribution in [2.75, 3.05) is 12.3 Å². The summed E-state index contributed by atoms with van der Waals surface area (Å²) in [6, 6.07) is 10.9. The summed E-state index contributed by atoms with van der Waals surface area (Å²) in [5.74, 6) is 0.554. The molecule has 4 heteroatoms. The molecule has 1 fully saturated rings. The van der Waals surface area contributed by atoms with Gasteiger partial charge >= 0.3 is 0 Å². The number of nitrogen functional groups attached to an aromatic ring is 1. The Morgan fingerprint density at radius 2 is 2.05 bits per heavy atom. The Kier molecular flexibility index (Phi) is 3.08. The first-order valence-corrected chi connectivity index (χ1v) is 7.74. The third-order valence-electron chi connectivity index (χ3n) is 4.78. The Labute approximate surface area is 129 Å². The van der Waals surface area contributed by atoms with Gasteiger partial charge in [0.2, 0.25) is 0 Å². The second-order valence-electron chi connectivity index (χ2n) is 6.27. The predicted molar refractivity (Wildman–Crippen MR) is 85.2 cm³/mol. The smallest absolute Gasteiger partial charge is 0.146 e. The van der Waals surface area contributed by atoms with Crippen molar-refractivity contribution >= 4 is 5.69 Å². The van der Waals surface area contributed by atoms with Crippen molar-refractivity contribution in [3.05, 3.63) is 47.8 Å². The fraction of sp³-hybridized carbons (Fsp3) is 0.333. The van der Waals surface area contributed by atoms with Crippen LogP contribution in [0, 0.1) is 5.82 Å². The van der Waals surface area contributed by atoms with Crippen molar-refractivity contribution in [2.45, 2.75) is 31.4 Å². The normalized spacial score (nSPS) is 19.0. The van der Waals surface area contributed by atoms with Crippen LogP contribution in [0.15, 0.2) is 36.4 Å². The maximum absolute atomic E-state index is 13.7. The Bertz CT molecular complexity index is 725. The Balaban J connectivity index is 1.73. The zero-order valence-corrected chi connectivity index (χ0v) is 12.4. The van der Waals surface area contributed by atoms with Crippen LogP contribution in [-0.4, -0.2) is 12.1 Å². The molecule has 0 aromatic heterocycles. The third-order valence-corrected chi connectivity index (χ3v) is 4.78. The zero-order chi connectivity index (χ0) is 15.2. The molecule has 1 heterocycles. The van der Waals surface area contributed by atoms with E-state index in [-0.39, 0.29) is 17.1 Å². The summed E-state index contributed by atoms with van der Waals surface area (Å²) in [4.78, 5) is 0. The molecule has 0 bridgehead atoms. The van der Waals surface area contributed by atoms with Crippen molar-refractivity contribution in [1.29, 1.82) is 0 Å². The first kappa shape index (κ1) is 13.6. The van der Waals surface area contributed by atoms with Gasteiger partial charge in [-0.25, -0.2) is 4.39 Å². The fourth-order valence-corrected chi connectivity index (χ4v) is 3.32. The van der Waals surface area contributed by atoms with Crippen LogP contribution in [0.4, 0.5) is 10.1 Å². The van der Waals surface area contributed by atoms with Gasteiger partial charge in [0.1, 0.15) is 17.2 Å². The molecule has 1 aliphatic carbocycles. The molecule has 2 aromatic carbocycles. The van der Waals surface area contributed by atoms with Gasteiger partial charge in [-0.05, 0) is 43.0 Å². The zero-order valence-electron chi connectivity index (χ0n) is 12.4. The number of rotatable bonds is 1. The number of nitrogens with one attached hydrogen (secondary N) is 1. The lowest BCUT2D eigenvalue weighted by Gasteiger charge is -2.41. The summed E-state index contributed by atoms with van der Waals surface area (Å²) in [7, 11) is 0. The van der Waals surface area contributed by atoms with Crippen molar-refractivity contribution < 1.29 is 9.13 Å². The van der Waals surface area contributed by atoms with Gasteiger partial charge in [-0.2, -0.15) is 0 Å². The lowest BCUT2D eigenvalue weighted by atomic mass is 9.80. The Hall–Kier alpha value is -2.07. The van der Waals surface area contributed by atoms with E-state index < -0.39 is 0 Å². The van der Waals surface area contributed by atoms with Crippen LogP contribution in [-0.2, 0) is 6.54 Å². The quantitative estimate of drug-likeness (QED) is 0.792. The van der Waals surface area contributed by atoms with Crippen LogP contribution < -0.4 is 15.8 Å². The summed E-state index contributed by atoms with van der Waals surface area (Å²) in [5.41, 5.74) is 8.80. The molecule has 2 aliphatic rings. The van der Waals surface area contributed by atoms with E-state index in [1.165, 1.54) is 12.5 Å². The molecule has 4 rings (SSSR count). The largest absolute Gasteiger partial charge is 0.486 e. The maximum Gasteiger partial charge on any atom is 0.146 e. The van der Waals surface area contributed by atoms with Crippen LogP contribution in [0.2, 0.25) is 0 Å². The minimum Gasteiger partial charge on any atom is -0.486 e. The SMILES string of the molecule is Nc1c(F)cccc1-c1ccc2c(c1)CNCC1(CCC1)O2. The van der Waals surface area contributed by atoms with Crippen LogP contribution in [0.3, 0.4) is 0 Å². The molecule has 3 N–H and O–H groups in total. The summed E-state index contributed by atoms with van der Waals surface area (Å²) in [6.45, 7) is 1.65. The standard InChI is InChI=1S/C18H19FN2O/c19-15-4-1-3-14(17(15)20)12-5-6-16-13(9-12)10-21-11-18(22-16)7-2-8-18/h1,3-6,9,21H,2,7-8,10-11,20H2. The molecule has 0 amide bonds. The van der Waals surface area contributed by atoms with Crippen molar-refractivity contribution in [2.24, 2.45) is 0 Å². The highest BCUT2D eigenvalue weighted by atomic mass is 19.1. The first-order valence-electron chi connectivity index (χ1n) is 7.74. The number of halogens is 1. The highest BCUT2D eigenvalue weighted by Gasteiger charge is 2.40. The number of benzene rings is 2. The van der Waals surface area contributed by atoms with E-state index in [0.29, 0.717) is 0 Å². The molecular weight excluding hydrogens is 279 g/mol. The predicted octanol–water partition coefficient (Wildman–Crippen LogP) is 3.48. The van der Waals surface area contributed by atoms with Crippen LogP contribution in [0.25, 0.3) is 11.1 Å². The van der Waals surface area contributed by atoms with Crippen LogP contribution in [0.1, 0.15) is 24.8 Å². The summed E-state index contributed by atoms with van der Waals surface area (Å²) in [6.07, 6.45) is 3.45. The lowest BCUT2D eigenvalue weighted by Crippen LogP contribution is -2.49. The molecular formula is C18H19FN2O. The lowest BCUT2D eigenvalue weighted by molar-refractivity contribution is -0.00147. The summed E-state index contributed by atoms with van der Waals surface area (Å²) >= 11 is 0. The van der Waals surface area contributed by atoms with Crippen LogP contribution in [0.5, 0.6) is 5.75 Å². The third kappa shape index (κ3) is 2.15. The minimum absolute atomic E-state index is 0.0232. The number of nitrogens with two attached hydrogens (primary N) is 1. The highest BCUT2D eigenvalue weighted by molar-refractivity contribution is 5.77. The summed E-state index contributed by atoms with van der Waals surface area (Å²) < 4.78 is 19.9. The Morgan fingerprint density at radius 1 is 1.18 bits per heavy atom. The van der Waals surface area contributed by atoms with Crippen molar-refractivity contribution in [1.82, 2.24) is 5.32 Å². The average Bonchev–Trinajstić information content (AvgIpc) is 2.68.